The Hall–Kier alpha value is -0.0600. The van der Waals surface area contributed by atoms with E-state index >= 15 is 0 Å². The topological polar surface area (TPSA) is 29.1 Å². The van der Waals surface area contributed by atoms with Crippen LogP contribution in [0.25, 0.3) is 0 Å². The van der Waals surface area contributed by atoms with Crippen LogP contribution in [0.1, 0.15) is 35.4 Å². The monoisotopic (exact) mass is 321 g/mol. The molecule has 2 nitrogen and oxygen atoms in total. The van der Waals surface area contributed by atoms with Crippen molar-refractivity contribution in [2.45, 2.75) is 36.6 Å². The van der Waals surface area contributed by atoms with Gasteiger partial charge in [-0.15, -0.1) is 11.3 Å². The Balaban J connectivity index is 1.96. The molecule has 1 fully saturated rings. The maximum atomic E-state index is 11.9. The van der Waals surface area contributed by atoms with E-state index in [0.717, 1.165) is 12.8 Å². The Labute approximate surface area is 113 Å². The van der Waals surface area contributed by atoms with Gasteiger partial charge in [0.15, 0.2) is 0 Å². The van der Waals surface area contributed by atoms with Crippen LogP contribution in [0.4, 0.5) is 0 Å². The molecule has 1 aliphatic carbocycles. The third-order valence-electron chi connectivity index (χ3n) is 2.80. The van der Waals surface area contributed by atoms with Crippen LogP contribution in [0.3, 0.4) is 0 Å². The molecular weight excluding hydrogens is 310 g/mol. The minimum absolute atomic E-state index is 0.00625. The zero-order valence-corrected chi connectivity index (χ0v) is 11.9. The lowest BCUT2D eigenvalue weighted by Crippen LogP contribution is -2.42. The number of alkyl halides is 1. The van der Waals surface area contributed by atoms with E-state index in [4.69, 9.17) is 11.6 Å². The van der Waals surface area contributed by atoms with Gasteiger partial charge in [0, 0.05) is 10.9 Å². The molecule has 2 atom stereocenters. The van der Waals surface area contributed by atoms with Gasteiger partial charge < -0.3 is 5.32 Å². The van der Waals surface area contributed by atoms with Crippen molar-refractivity contribution in [1.29, 1.82) is 0 Å². The molecule has 2 unspecified atom stereocenters. The Morgan fingerprint density at radius 3 is 2.81 bits per heavy atom. The average Bonchev–Trinajstić information content (AvgIpc) is 2.68. The molecule has 1 saturated carbocycles. The largest absolute Gasteiger partial charge is 0.347 e. The van der Waals surface area contributed by atoms with Crippen LogP contribution in [0, 0.1) is 0 Å². The highest BCUT2D eigenvalue weighted by molar-refractivity contribution is 9.09. The van der Waals surface area contributed by atoms with Crippen molar-refractivity contribution in [3.05, 3.63) is 21.3 Å². The summed E-state index contributed by atoms with van der Waals surface area (Å²) in [5.41, 5.74) is 0. The van der Waals surface area contributed by atoms with Gasteiger partial charge in [-0.3, -0.25) is 4.79 Å². The number of carbonyl (C=O) groups is 1. The molecule has 0 bridgehead atoms. The first-order valence-electron chi connectivity index (χ1n) is 5.37. The van der Waals surface area contributed by atoms with E-state index < -0.39 is 0 Å². The minimum Gasteiger partial charge on any atom is -0.347 e. The molecule has 1 aliphatic rings. The number of carbonyl (C=O) groups excluding carboxylic acids is 1. The van der Waals surface area contributed by atoms with Gasteiger partial charge >= 0.3 is 0 Å². The summed E-state index contributed by atoms with van der Waals surface area (Å²) < 4.78 is 0.657. The fraction of sp³-hybridized carbons (Fsp3) is 0.545. The number of hydrogen-bond acceptors (Lipinski definition) is 2. The second-order valence-corrected chi connectivity index (χ2v) is 6.88. The first-order chi connectivity index (χ1) is 7.66. The van der Waals surface area contributed by atoms with Gasteiger partial charge in [0.25, 0.3) is 5.91 Å². The third-order valence-corrected chi connectivity index (χ3v) is 5.12. The Bertz CT molecular complexity index is 382. The summed E-state index contributed by atoms with van der Waals surface area (Å²) in [6.07, 6.45) is 4.63. The lowest BCUT2D eigenvalue weighted by molar-refractivity contribution is 0.0934. The van der Waals surface area contributed by atoms with Crippen molar-refractivity contribution in [3.8, 4) is 0 Å². The Morgan fingerprint density at radius 1 is 1.44 bits per heavy atom. The molecule has 5 heteroatoms. The van der Waals surface area contributed by atoms with E-state index in [1.807, 2.05) is 0 Å². The number of amides is 1. The zero-order chi connectivity index (χ0) is 11.5. The predicted octanol–water partition coefficient (Wildman–Crippen LogP) is 3.84. The number of rotatable bonds is 2. The SMILES string of the molecule is O=C(NC1CCCCC1Br)c1ccc(Cl)s1. The van der Waals surface area contributed by atoms with E-state index in [1.165, 1.54) is 24.2 Å². The average molecular weight is 323 g/mol. The molecule has 2 rings (SSSR count). The van der Waals surface area contributed by atoms with E-state index in [-0.39, 0.29) is 11.9 Å². The Kier molecular flexibility index (Phi) is 4.27. The standard InChI is InChI=1S/C11H13BrClNOS/c12-7-3-1-2-4-8(7)14-11(15)9-5-6-10(13)16-9/h5-8H,1-4H2,(H,14,15). The molecule has 1 heterocycles. The highest BCUT2D eigenvalue weighted by atomic mass is 79.9. The number of thiophene rings is 1. The highest BCUT2D eigenvalue weighted by Gasteiger charge is 2.24. The maximum absolute atomic E-state index is 11.9. The normalized spacial score (nSPS) is 25.4. The van der Waals surface area contributed by atoms with Crippen LogP contribution in [0.15, 0.2) is 12.1 Å². The number of halogens is 2. The fourth-order valence-electron chi connectivity index (χ4n) is 1.92. The van der Waals surface area contributed by atoms with Gasteiger partial charge in [-0.1, -0.05) is 40.4 Å². The fourth-order valence-corrected chi connectivity index (χ4v) is 3.59. The molecule has 1 aromatic heterocycles. The zero-order valence-electron chi connectivity index (χ0n) is 8.71. The molecule has 16 heavy (non-hydrogen) atoms. The van der Waals surface area contributed by atoms with Crippen LogP contribution >= 0.6 is 38.9 Å². The van der Waals surface area contributed by atoms with Crippen LogP contribution in [0.2, 0.25) is 4.34 Å². The first kappa shape index (κ1) is 12.4. The van der Waals surface area contributed by atoms with Crippen molar-refractivity contribution in [1.82, 2.24) is 5.32 Å². The van der Waals surface area contributed by atoms with Gasteiger partial charge in [0.05, 0.1) is 9.21 Å². The smallest absolute Gasteiger partial charge is 0.261 e. The summed E-state index contributed by atoms with van der Waals surface area (Å²) >= 11 is 10.8. The van der Waals surface area contributed by atoms with Gasteiger partial charge in [-0.2, -0.15) is 0 Å². The summed E-state index contributed by atoms with van der Waals surface area (Å²) in [5, 5.41) is 3.06. The van der Waals surface area contributed by atoms with Crippen LogP contribution in [-0.2, 0) is 0 Å². The van der Waals surface area contributed by atoms with Gasteiger partial charge in [0.1, 0.15) is 0 Å². The second kappa shape index (κ2) is 5.52. The van der Waals surface area contributed by atoms with E-state index in [1.54, 1.807) is 12.1 Å². The Morgan fingerprint density at radius 2 is 2.19 bits per heavy atom. The molecule has 0 saturated heterocycles. The minimum atomic E-state index is -0.00625. The summed E-state index contributed by atoms with van der Waals surface area (Å²) in [7, 11) is 0. The van der Waals surface area contributed by atoms with Crippen molar-refractivity contribution in [2.24, 2.45) is 0 Å². The lowest BCUT2D eigenvalue weighted by Gasteiger charge is -2.27. The van der Waals surface area contributed by atoms with Crippen molar-refractivity contribution >= 4 is 44.8 Å². The lowest BCUT2D eigenvalue weighted by atomic mass is 9.95. The summed E-state index contributed by atoms with van der Waals surface area (Å²) in [4.78, 5) is 13.0. The molecular formula is C11H13BrClNOS. The van der Waals surface area contributed by atoms with E-state index in [2.05, 4.69) is 21.2 Å². The van der Waals surface area contributed by atoms with Crippen molar-refractivity contribution < 1.29 is 4.79 Å². The highest BCUT2D eigenvalue weighted by Crippen LogP contribution is 2.26. The second-order valence-electron chi connectivity index (χ2n) is 3.98. The van der Waals surface area contributed by atoms with E-state index in [9.17, 15) is 4.79 Å². The van der Waals surface area contributed by atoms with Gasteiger partial charge in [-0.25, -0.2) is 0 Å². The van der Waals surface area contributed by atoms with Crippen molar-refractivity contribution in [3.63, 3.8) is 0 Å². The summed E-state index contributed by atoms with van der Waals surface area (Å²) in [6, 6.07) is 3.78. The molecule has 0 aromatic carbocycles. The van der Waals surface area contributed by atoms with Crippen LogP contribution in [0.5, 0.6) is 0 Å². The quantitative estimate of drug-likeness (QED) is 0.824. The van der Waals surface area contributed by atoms with Crippen molar-refractivity contribution in [2.75, 3.05) is 0 Å². The number of hydrogen-bond donors (Lipinski definition) is 1. The van der Waals surface area contributed by atoms with Gasteiger partial charge in [-0.05, 0) is 25.0 Å². The van der Waals surface area contributed by atoms with Gasteiger partial charge in [0.2, 0.25) is 0 Å². The molecule has 0 radical (unpaired) electrons. The molecule has 1 N–H and O–H groups in total. The first-order valence-corrected chi connectivity index (χ1v) is 7.48. The third kappa shape index (κ3) is 2.99. The van der Waals surface area contributed by atoms with Crippen LogP contribution in [-0.4, -0.2) is 16.8 Å². The van der Waals surface area contributed by atoms with E-state index in [0.29, 0.717) is 14.0 Å². The summed E-state index contributed by atoms with van der Waals surface area (Å²) in [5.74, 6) is -0.00625. The number of nitrogens with one attached hydrogen (secondary N) is 1. The molecule has 1 amide bonds. The molecule has 0 spiro atoms. The molecule has 1 aromatic rings. The summed E-state index contributed by atoms with van der Waals surface area (Å²) in [6.45, 7) is 0. The predicted molar refractivity (Wildman–Crippen MR) is 71.8 cm³/mol. The maximum Gasteiger partial charge on any atom is 0.261 e. The van der Waals surface area contributed by atoms with Crippen LogP contribution < -0.4 is 5.32 Å². The molecule has 88 valence electrons. The molecule has 0 aliphatic heterocycles.